The van der Waals surface area contributed by atoms with Gasteiger partial charge in [-0.15, -0.1) is 0 Å². The van der Waals surface area contributed by atoms with Crippen molar-refractivity contribution in [3.63, 3.8) is 0 Å². The number of nitrogens with zero attached hydrogens (tertiary/aromatic N) is 1. The number of anilines is 1. The molecule has 20 heavy (non-hydrogen) atoms. The van der Waals surface area contributed by atoms with Crippen LogP contribution < -0.4 is 4.90 Å². The van der Waals surface area contributed by atoms with Gasteiger partial charge in [-0.3, -0.25) is 0 Å². The molecule has 0 aliphatic heterocycles. The maximum atomic E-state index is 8.84. The molecule has 2 aromatic rings. The summed E-state index contributed by atoms with van der Waals surface area (Å²) in [6.07, 6.45) is 0. The van der Waals surface area contributed by atoms with E-state index in [0.717, 1.165) is 18.7 Å². The van der Waals surface area contributed by atoms with Crippen LogP contribution in [0.3, 0.4) is 0 Å². The average Bonchev–Trinajstić information content (AvgIpc) is 2.52. The topological polar surface area (TPSA) is 23.5 Å². The maximum absolute atomic E-state index is 8.84. The number of benzene rings is 2. The SMILES string of the molecule is CCN(Cc1ccccc1C#CCO)c1ccccc1. The Morgan fingerprint density at radius 1 is 1.00 bits per heavy atom. The van der Waals surface area contributed by atoms with Crippen LogP contribution in [0.25, 0.3) is 0 Å². The van der Waals surface area contributed by atoms with Gasteiger partial charge in [0.05, 0.1) is 0 Å². The van der Waals surface area contributed by atoms with Crippen molar-refractivity contribution in [2.45, 2.75) is 13.5 Å². The van der Waals surface area contributed by atoms with Crippen LogP contribution in [0.15, 0.2) is 54.6 Å². The van der Waals surface area contributed by atoms with Crippen molar-refractivity contribution in [1.29, 1.82) is 0 Å². The van der Waals surface area contributed by atoms with Gasteiger partial charge in [-0.2, -0.15) is 0 Å². The molecule has 0 aliphatic carbocycles. The molecule has 0 spiro atoms. The Bertz CT molecular complexity index is 596. The predicted molar refractivity (Wildman–Crippen MR) is 83.6 cm³/mol. The third-order valence-corrected chi connectivity index (χ3v) is 3.18. The highest BCUT2D eigenvalue weighted by Crippen LogP contribution is 2.18. The molecule has 0 heterocycles. The van der Waals surface area contributed by atoms with Crippen LogP contribution in [0.4, 0.5) is 5.69 Å². The van der Waals surface area contributed by atoms with Gasteiger partial charge in [-0.1, -0.05) is 48.2 Å². The lowest BCUT2D eigenvalue weighted by atomic mass is 10.1. The molecule has 0 saturated heterocycles. The third-order valence-electron chi connectivity index (χ3n) is 3.18. The molecule has 2 heteroatoms. The van der Waals surface area contributed by atoms with Crippen LogP contribution in [0.5, 0.6) is 0 Å². The minimum Gasteiger partial charge on any atom is -0.384 e. The van der Waals surface area contributed by atoms with Crippen molar-refractivity contribution >= 4 is 5.69 Å². The molecule has 0 bridgehead atoms. The molecular formula is C18H19NO. The number of hydrogen-bond donors (Lipinski definition) is 1. The molecule has 0 aliphatic rings. The van der Waals surface area contributed by atoms with E-state index in [4.69, 9.17) is 5.11 Å². The van der Waals surface area contributed by atoms with Crippen LogP contribution in [-0.2, 0) is 6.54 Å². The summed E-state index contributed by atoms with van der Waals surface area (Å²) < 4.78 is 0. The summed E-state index contributed by atoms with van der Waals surface area (Å²) in [5.74, 6) is 5.74. The van der Waals surface area contributed by atoms with E-state index < -0.39 is 0 Å². The van der Waals surface area contributed by atoms with E-state index in [2.05, 4.69) is 54.0 Å². The summed E-state index contributed by atoms with van der Waals surface area (Å²) in [5.41, 5.74) is 3.37. The fourth-order valence-electron chi connectivity index (χ4n) is 2.14. The van der Waals surface area contributed by atoms with Crippen molar-refractivity contribution in [2.75, 3.05) is 18.1 Å². The first-order chi connectivity index (χ1) is 9.85. The van der Waals surface area contributed by atoms with E-state index in [0.29, 0.717) is 0 Å². The standard InChI is InChI=1S/C18H19NO/c1-2-19(18-12-4-3-5-13-18)15-17-10-7-6-9-16(17)11-8-14-20/h3-7,9-10,12-13,20H,2,14-15H2,1H3. The molecule has 0 aromatic heterocycles. The van der Waals surface area contributed by atoms with E-state index in [1.54, 1.807) is 0 Å². The molecule has 0 radical (unpaired) electrons. The van der Waals surface area contributed by atoms with E-state index in [1.807, 2.05) is 24.3 Å². The fourth-order valence-corrected chi connectivity index (χ4v) is 2.14. The first-order valence-corrected chi connectivity index (χ1v) is 6.82. The first-order valence-electron chi connectivity index (χ1n) is 6.82. The number of hydrogen-bond acceptors (Lipinski definition) is 2. The van der Waals surface area contributed by atoms with E-state index in [9.17, 15) is 0 Å². The summed E-state index contributed by atoms with van der Waals surface area (Å²) >= 11 is 0. The molecule has 102 valence electrons. The second-order valence-corrected chi connectivity index (χ2v) is 4.47. The highest BCUT2D eigenvalue weighted by Gasteiger charge is 2.07. The summed E-state index contributed by atoms with van der Waals surface area (Å²) in [7, 11) is 0. The smallest absolute Gasteiger partial charge is 0.104 e. The number of rotatable bonds is 4. The molecule has 2 rings (SSSR count). The van der Waals surface area contributed by atoms with Crippen molar-refractivity contribution in [1.82, 2.24) is 0 Å². The van der Waals surface area contributed by atoms with Crippen molar-refractivity contribution in [3.05, 3.63) is 65.7 Å². The summed E-state index contributed by atoms with van der Waals surface area (Å²) in [5, 5.41) is 8.84. The second-order valence-electron chi connectivity index (χ2n) is 4.47. The zero-order valence-electron chi connectivity index (χ0n) is 11.7. The summed E-state index contributed by atoms with van der Waals surface area (Å²) in [6.45, 7) is 3.79. The monoisotopic (exact) mass is 265 g/mol. The Hall–Kier alpha value is -2.24. The van der Waals surface area contributed by atoms with Crippen molar-refractivity contribution in [3.8, 4) is 11.8 Å². The highest BCUT2D eigenvalue weighted by atomic mass is 16.2. The largest absolute Gasteiger partial charge is 0.384 e. The van der Waals surface area contributed by atoms with Gasteiger partial charge >= 0.3 is 0 Å². The first kappa shape index (κ1) is 14.2. The fraction of sp³-hybridized carbons (Fsp3) is 0.222. The second kappa shape index (κ2) is 7.37. The van der Waals surface area contributed by atoms with Crippen molar-refractivity contribution in [2.24, 2.45) is 0 Å². The van der Waals surface area contributed by atoms with Gasteiger partial charge in [-0.25, -0.2) is 0 Å². The van der Waals surface area contributed by atoms with Gasteiger partial charge in [0.2, 0.25) is 0 Å². The van der Waals surface area contributed by atoms with E-state index in [-0.39, 0.29) is 6.61 Å². The lowest BCUT2D eigenvalue weighted by Crippen LogP contribution is -2.22. The zero-order chi connectivity index (χ0) is 14.2. The third kappa shape index (κ3) is 3.63. The lowest BCUT2D eigenvalue weighted by Gasteiger charge is -2.23. The van der Waals surface area contributed by atoms with Gasteiger partial charge in [0.1, 0.15) is 6.61 Å². The Labute approximate surface area is 120 Å². The molecule has 0 fully saturated rings. The quantitative estimate of drug-likeness (QED) is 0.859. The van der Waals surface area contributed by atoms with Crippen LogP contribution in [-0.4, -0.2) is 18.3 Å². The molecule has 0 amide bonds. The van der Waals surface area contributed by atoms with Gasteiger partial charge in [0.25, 0.3) is 0 Å². The van der Waals surface area contributed by atoms with Gasteiger partial charge in [0, 0.05) is 24.3 Å². The summed E-state index contributed by atoms with van der Waals surface area (Å²) in [6, 6.07) is 18.5. The van der Waals surface area contributed by atoms with Crippen LogP contribution in [0, 0.1) is 11.8 Å². The number of aliphatic hydroxyl groups excluding tert-OH is 1. The zero-order valence-corrected chi connectivity index (χ0v) is 11.7. The normalized spacial score (nSPS) is 9.70. The Kier molecular flexibility index (Phi) is 5.23. The minimum absolute atomic E-state index is 0.107. The predicted octanol–water partition coefficient (Wildman–Crippen LogP) is 3.06. The van der Waals surface area contributed by atoms with E-state index >= 15 is 0 Å². The molecule has 2 aromatic carbocycles. The Morgan fingerprint density at radius 3 is 2.40 bits per heavy atom. The lowest BCUT2D eigenvalue weighted by molar-refractivity contribution is 0.350. The van der Waals surface area contributed by atoms with Gasteiger partial charge in [0.15, 0.2) is 0 Å². The molecule has 0 unspecified atom stereocenters. The van der Waals surface area contributed by atoms with Crippen LogP contribution >= 0.6 is 0 Å². The van der Waals surface area contributed by atoms with Crippen LogP contribution in [0.1, 0.15) is 18.1 Å². The summed E-state index contributed by atoms with van der Waals surface area (Å²) in [4.78, 5) is 2.31. The minimum atomic E-state index is -0.107. The van der Waals surface area contributed by atoms with Crippen molar-refractivity contribution < 1.29 is 5.11 Å². The molecular weight excluding hydrogens is 246 g/mol. The molecule has 0 atom stereocenters. The van der Waals surface area contributed by atoms with Crippen LogP contribution in [0.2, 0.25) is 0 Å². The average molecular weight is 265 g/mol. The maximum Gasteiger partial charge on any atom is 0.104 e. The van der Waals surface area contributed by atoms with Gasteiger partial charge in [-0.05, 0) is 30.7 Å². The molecule has 2 nitrogen and oxygen atoms in total. The molecule has 1 N–H and O–H groups in total. The molecule has 0 saturated carbocycles. The number of aliphatic hydroxyl groups is 1. The number of para-hydroxylation sites is 1. The Balaban J connectivity index is 2.24. The highest BCUT2D eigenvalue weighted by molar-refractivity contribution is 5.49. The van der Waals surface area contributed by atoms with Gasteiger partial charge < -0.3 is 10.0 Å². The Morgan fingerprint density at radius 2 is 1.70 bits per heavy atom. The van der Waals surface area contributed by atoms with E-state index in [1.165, 1.54) is 11.3 Å².